The van der Waals surface area contributed by atoms with Gasteiger partial charge in [-0.15, -0.1) is 46.2 Å². The van der Waals surface area contributed by atoms with Gasteiger partial charge in [-0.05, 0) is 59.8 Å². The van der Waals surface area contributed by atoms with E-state index in [0.29, 0.717) is 5.41 Å². The van der Waals surface area contributed by atoms with Gasteiger partial charge in [0.2, 0.25) is 0 Å². The van der Waals surface area contributed by atoms with Crippen LogP contribution in [0, 0.1) is 11.5 Å². The first-order chi connectivity index (χ1) is 25.0. The largest absolute Gasteiger partial charge is 1.00 e. The predicted octanol–water partition coefficient (Wildman–Crippen LogP) is 8.69. The topological polar surface area (TPSA) is 0 Å². The number of hydrogen-bond acceptors (Lipinski definition) is 0. The van der Waals surface area contributed by atoms with E-state index in [1.807, 2.05) is 24.3 Å². The summed E-state index contributed by atoms with van der Waals surface area (Å²) in [6.07, 6.45) is 15.6. The summed E-state index contributed by atoms with van der Waals surface area (Å²) in [5.41, 5.74) is 13.4. The van der Waals surface area contributed by atoms with Crippen LogP contribution in [0.25, 0.3) is 32.7 Å². The summed E-state index contributed by atoms with van der Waals surface area (Å²) in [6.45, 7) is 20.7. The summed E-state index contributed by atoms with van der Waals surface area (Å²) in [5.74, 6) is 0. The minimum atomic E-state index is -0.623. The molecule has 0 aliphatic heterocycles. The third-order valence-corrected chi connectivity index (χ3v) is 13.9. The van der Waals surface area contributed by atoms with E-state index in [0.717, 1.165) is 29.3 Å². The monoisotopic (exact) mass is 882 g/mol. The first kappa shape index (κ1) is 45.2. The molecule has 0 radical (unpaired) electrons. The molecule has 0 N–H and O–H groups in total. The van der Waals surface area contributed by atoms with E-state index in [1.165, 1.54) is 71.6 Å². The summed E-state index contributed by atoms with van der Waals surface area (Å²) < 4.78 is 4.66. The summed E-state index contributed by atoms with van der Waals surface area (Å²) in [6, 6.07) is 28.2. The molecule has 0 aromatic heterocycles. The molecular weight excluding hydrogens is 834 g/mol. The molecule has 0 amide bonds. The molecule has 0 spiro atoms. The Balaban J connectivity index is 0.000000206. The van der Waals surface area contributed by atoms with Crippen molar-refractivity contribution in [1.82, 2.24) is 0 Å². The van der Waals surface area contributed by atoms with Crippen LogP contribution in [0.1, 0.15) is 115 Å². The molecule has 5 aromatic carbocycles. The molecular formula is C50H52Cl4Zr-4. The molecule has 8 rings (SSSR count). The fraction of sp³-hybridized carbons (Fsp3) is 0.300. The minimum absolute atomic E-state index is 0. The number of allylic oxidation sites excluding steroid dienone is 8. The van der Waals surface area contributed by atoms with Crippen molar-refractivity contribution >= 4 is 63.3 Å². The van der Waals surface area contributed by atoms with Gasteiger partial charge in [-0.2, -0.15) is 11.6 Å². The Kier molecular flexibility index (Phi) is 15.1. The number of hydrogen-bond donors (Lipinski definition) is 0. The Bertz CT molecular complexity index is 2200. The van der Waals surface area contributed by atoms with Crippen molar-refractivity contribution in [3.8, 4) is 0 Å². The van der Waals surface area contributed by atoms with Gasteiger partial charge in [0.15, 0.2) is 0 Å². The Morgan fingerprint density at radius 2 is 1.07 bits per heavy atom. The van der Waals surface area contributed by atoms with Gasteiger partial charge in [0.1, 0.15) is 0 Å². The van der Waals surface area contributed by atoms with Crippen LogP contribution in [0.5, 0.6) is 0 Å². The van der Waals surface area contributed by atoms with Crippen LogP contribution >= 0.6 is 23.2 Å². The van der Waals surface area contributed by atoms with E-state index >= 15 is 0 Å². The van der Waals surface area contributed by atoms with E-state index < -0.39 is 22.3 Å². The number of halogens is 4. The van der Waals surface area contributed by atoms with Crippen LogP contribution in [0.4, 0.5) is 0 Å². The second kappa shape index (κ2) is 18.4. The van der Waals surface area contributed by atoms with E-state index in [-0.39, 0.29) is 35.6 Å². The molecule has 3 aliphatic carbocycles. The molecule has 0 nitrogen and oxygen atoms in total. The standard InChI is InChI=1S/C27H29.C9H13.2C7H5Cl.2ClH.Zr/c1-16-7-9-26(3,4)24-12-18-11-19-13-25-21(17(2)8-10-27(25,5)6)15-23(19)22(18)14-20(16)24;1-9(2,3)8-6-4-5-7-8;2*1-6-2-4-7(8)5-3-6;;;/h7-8,11-15H,9-10H2,1-6H3;6-7H,4H2,1-3H3;2*1-5H;2*1H;/q2*-1;;;;;/p-2. The van der Waals surface area contributed by atoms with Gasteiger partial charge in [-0.3, -0.25) is 6.08 Å². The van der Waals surface area contributed by atoms with E-state index in [4.69, 9.17) is 23.2 Å². The maximum absolute atomic E-state index is 5.84. The van der Waals surface area contributed by atoms with Crippen LogP contribution in [-0.4, -0.2) is 7.42 Å². The van der Waals surface area contributed by atoms with Crippen molar-refractivity contribution in [2.75, 3.05) is 0 Å². The molecule has 3 aliphatic rings. The van der Waals surface area contributed by atoms with Gasteiger partial charge >= 0.3 is 123 Å². The van der Waals surface area contributed by atoms with Crippen molar-refractivity contribution in [1.29, 1.82) is 0 Å². The van der Waals surface area contributed by atoms with Gasteiger partial charge in [0, 0.05) is 0 Å². The van der Waals surface area contributed by atoms with Gasteiger partial charge in [0.05, 0.1) is 0 Å². The van der Waals surface area contributed by atoms with Gasteiger partial charge in [-0.25, -0.2) is 6.08 Å². The average Bonchev–Trinajstić information content (AvgIpc) is 3.79. The fourth-order valence-corrected chi connectivity index (χ4v) is 9.75. The summed E-state index contributed by atoms with van der Waals surface area (Å²) in [7, 11) is 0. The predicted molar refractivity (Wildman–Crippen MR) is 233 cm³/mol. The normalized spacial score (nSPS) is 15.9. The Morgan fingerprint density at radius 3 is 1.42 bits per heavy atom. The summed E-state index contributed by atoms with van der Waals surface area (Å²) in [4.78, 5) is 0. The van der Waals surface area contributed by atoms with E-state index in [1.54, 1.807) is 0 Å². The third kappa shape index (κ3) is 10.7. The summed E-state index contributed by atoms with van der Waals surface area (Å²) >= 11 is 11.0. The molecule has 0 heterocycles. The first-order valence-electron chi connectivity index (χ1n) is 18.8. The van der Waals surface area contributed by atoms with Crippen molar-refractivity contribution < 1.29 is 47.1 Å². The van der Waals surface area contributed by atoms with Crippen LogP contribution in [-0.2, 0) is 33.1 Å². The SMILES string of the molecule is CC(C)(C)C1=CC[C-]=C1.CC1=CCC(C)(C)c2cc3[cH-]c4cc5c(cc4c3cc21)C(C)=CCC5(C)C.Clc1ccc([CH]=[Zr]=[CH]c2ccc(Cl)cc2)cc1.[Cl-].[Cl-]. The number of benzene rings is 4. The van der Waals surface area contributed by atoms with Gasteiger partial charge in [0.25, 0.3) is 0 Å². The summed E-state index contributed by atoms with van der Waals surface area (Å²) in [5, 5.41) is 7.19. The van der Waals surface area contributed by atoms with E-state index in [2.05, 4.69) is 155 Å². The Morgan fingerprint density at radius 1 is 0.655 bits per heavy atom. The molecule has 288 valence electrons. The molecule has 5 aromatic rings. The quantitative estimate of drug-likeness (QED) is 0.156. The third-order valence-electron chi connectivity index (χ3n) is 10.9. The fourth-order valence-electron chi connectivity index (χ4n) is 7.41. The molecule has 0 unspecified atom stereocenters. The van der Waals surface area contributed by atoms with Crippen molar-refractivity contribution in [2.24, 2.45) is 5.41 Å². The number of rotatable bonds is 2. The minimum Gasteiger partial charge on any atom is -1.00 e. The average molecular weight is 886 g/mol. The Labute approximate surface area is 363 Å². The maximum atomic E-state index is 5.84. The Hall–Kier alpha value is -2.51. The zero-order valence-corrected chi connectivity index (χ0v) is 39.1. The van der Waals surface area contributed by atoms with Crippen LogP contribution < -0.4 is 24.8 Å². The molecule has 0 saturated heterocycles. The molecule has 0 bridgehead atoms. The van der Waals surface area contributed by atoms with Crippen LogP contribution in [0.2, 0.25) is 10.0 Å². The molecule has 55 heavy (non-hydrogen) atoms. The molecule has 0 saturated carbocycles. The zero-order valence-electron chi connectivity index (χ0n) is 33.6. The molecule has 0 atom stereocenters. The van der Waals surface area contributed by atoms with Crippen LogP contribution in [0.15, 0.2) is 109 Å². The molecule has 0 fully saturated rings. The van der Waals surface area contributed by atoms with E-state index in [9.17, 15) is 0 Å². The second-order valence-electron chi connectivity index (χ2n) is 17.1. The second-order valence-corrected chi connectivity index (χ2v) is 20.2. The van der Waals surface area contributed by atoms with Crippen molar-refractivity contribution in [3.63, 3.8) is 0 Å². The number of fused-ring (bicyclic) bond motifs is 5. The van der Waals surface area contributed by atoms with Crippen LogP contribution in [0.3, 0.4) is 0 Å². The van der Waals surface area contributed by atoms with Crippen molar-refractivity contribution in [2.45, 2.75) is 92.4 Å². The zero-order chi connectivity index (χ0) is 38.1. The smallest absolute Gasteiger partial charge is 1.00 e. The first-order valence-corrected chi connectivity index (χ1v) is 22.4. The van der Waals surface area contributed by atoms with Crippen molar-refractivity contribution in [3.05, 3.63) is 158 Å². The maximum Gasteiger partial charge on any atom is -1.00 e. The van der Waals surface area contributed by atoms with Gasteiger partial charge < -0.3 is 24.8 Å². The van der Waals surface area contributed by atoms with Gasteiger partial charge in [-0.1, -0.05) is 89.3 Å². The molecule has 5 heteroatoms.